The van der Waals surface area contributed by atoms with Gasteiger partial charge in [-0.2, -0.15) is 0 Å². The van der Waals surface area contributed by atoms with Crippen LogP contribution >= 0.6 is 0 Å². The Morgan fingerprint density at radius 2 is 1.80 bits per heavy atom. The van der Waals surface area contributed by atoms with Gasteiger partial charge in [-0.3, -0.25) is 0 Å². The van der Waals surface area contributed by atoms with Gasteiger partial charge < -0.3 is 0 Å². The smallest absolute Gasteiger partial charge is 0.207 e. The van der Waals surface area contributed by atoms with E-state index in [-0.39, 0.29) is 0 Å². The molecular weight excluding hydrogens is 268 g/mol. The van der Waals surface area contributed by atoms with Gasteiger partial charge in [0.05, 0.1) is 10.3 Å². The number of aryl methyl sites for hydroxylation is 1. The van der Waals surface area contributed by atoms with Crippen LogP contribution in [0, 0.1) is 6.92 Å². The van der Waals surface area contributed by atoms with E-state index in [1.807, 2.05) is 6.92 Å². The van der Waals surface area contributed by atoms with Crippen LogP contribution in [0.5, 0.6) is 0 Å². The Bertz CT molecular complexity index is 609. The number of benzene rings is 1. The van der Waals surface area contributed by atoms with E-state index in [0.29, 0.717) is 4.90 Å². The number of hydrogen-bond acceptors (Lipinski definition) is 2. The average Bonchev–Trinajstić information content (AvgIpc) is 2.37. The van der Waals surface area contributed by atoms with Gasteiger partial charge in [0.1, 0.15) is 0 Å². The van der Waals surface area contributed by atoms with Gasteiger partial charge in [0, 0.05) is 0 Å². The van der Waals surface area contributed by atoms with Crippen molar-refractivity contribution in [3.8, 4) is 0 Å². The van der Waals surface area contributed by atoms with Gasteiger partial charge in [-0.1, -0.05) is 29.3 Å². The molecule has 0 atom stereocenters. The Labute approximate surface area is 122 Å². The molecule has 0 aliphatic carbocycles. The molecule has 0 amide bonds. The molecule has 0 unspecified atom stereocenters. The van der Waals surface area contributed by atoms with Crippen LogP contribution in [0.4, 0.5) is 0 Å². The lowest BCUT2D eigenvalue weighted by Crippen LogP contribution is -1.95. The summed E-state index contributed by atoms with van der Waals surface area (Å²) < 4.78 is 23.9. The van der Waals surface area contributed by atoms with Gasteiger partial charge in [-0.05, 0) is 58.2 Å². The van der Waals surface area contributed by atoms with Crippen molar-refractivity contribution in [2.75, 3.05) is 0 Å². The van der Waals surface area contributed by atoms with Crippen molar-refractivity contribution in [1.82, 2.24) is 0 Å². The summed E-state index contributed by atoms with van der Waals surface area (Å²) in [6.45, 7) is 6.08. The SMILES string of the molecule is CC(C)=CCCCC=C=CS(=O)(=O)c1ccc(C)cc1. The number of unbranched alkanes of at least 4 members (excludes halogenated alkanes) is 2. The lowest BCUT2D eigenvalue weighted by molar-refractivity contribution is 0.604. The second-order valence-electron chi connectivity index (χ2n) is 5.06. The molecule has 1 aromatic carbocycles. The van der Waals surface area contributed by atoms with Gasteiger partial charge in [-0.25, -0.2) is 8.42 Å². The van der Waals surface area contributed by atoms with Crippen LogP contribution in [0.2, 0.25) is 0 Å². The summed E-state index contributed by atoms with van der Waals surface area (Å²) in [4.78, 5) is 0.313. The van der Waals surface area contributed by atoms with E-state index in [0.717, 1.165) is 30.2 Å². The normalized spacial score (nSPS) is 10.6. The zero-order valence-electron chi connectivity index (χ0n) is 12.4. The van der Waals surface area contributed by atoms with Crippen molar-refractivity contribution in [3.63, 3.8) is 0 Å². The van der Waals surface area contributed by atoms with Crippen LogP contribution in [0.3, 0.4) is 0 Å². The fourth-order valence-corrected chi connectivity index (χ4v) is 2.55. The van der Waals surface area contributed by atoms with Crippen molar-refractivity contribution >= 4 is 9.84 Å². The molecule has 0 saturated heterocycles. The number of allylic oxidation sites excluding steroid dienone is 3. The minimum Gasteiger partial charge on any atom is -0.218 e. The maximum atomic E-state index is 12.0. The van der Waals surface area contributed by atoms with Crippen LogP contribution < -0.4 is 0 Å². The van der Waals surface area contributed by atoms with E-state index in [1.54, 1.807) is 30.3 Å². The van der Waals surface area contributed by atoms with E-state index >= 15 is 0 Å². The molecule has 0 saturated carbocycles. The molecule has 0 bridgehead atoms. The Balaban J connectivity index is 2.60. The van der Waals surface area contributed by atoms with Crippen LogP contribution in [-0.2, 0) is 9.84 Å². The first-order valence-electron chi connectivity index (χ1n) is 6.78. The Kier molecular flexibility index (Phi) is 6.50. The summed E-state index contributed by atoms with van der Waals surface area (Å²) in [6.07, 6.45) is 6.83. The molecule has 0 aromatic heterocycles. The fraction of sp³-hybridized carbons (Fsp3) is 0.353. The Morgan fingerprint density at radius 3 is 2.40 bits per heavy atom. The topological polar surface area (TPSA) is 34.1 Å². The highest BCUT2D eigenvalue weighted by atomic mass is 32.2. The first-order chi connectivity index (χ1) is 9.42. The quantitative estimate of drug-likeness (QED) is 0.437. The van der Waals surface area contributed by atoms with E-state index in [4.69, 9.17) is 0 Å². The molecule has 0 radical (unpaired) electrons. The summed E-state index contributed by atoms with van der Waals surface area (Å²) in [5, 5.41) is 1.15. The summed E-state index contributed by atoms with van der Waals surface area (Å²) in [5.74, 6) is 0. The second-order valence-corrected chi connectivity index (χ2v) is 6.86. The zero-order chi connectivity index (χ0) is 15.0. The summed E-state index contributed by atoms with van der Waals surface area (Å²) >= 11 is 0. The highest BCUT2D eigenvalue weighted by molar-refractivity contribution is 7.94. The second kappa shape index (κ2) is 7.88. The molecule has 0 spiro atoms. The lowest BCUT2D eigenvalue weighted by atomic mass is 10.2. The van der Waals surface area contributed by atoms with Crippen LogP contribution in [0.1, 0.15) is 38.7 Å². The third-order valence-corrected chi connectivity index (χ3v) is 4.17. The molecule has 0 aliphatic heterocycles. The molecule has 20 heavy (non-hydrogen) atoms. The number of hydrogen-bond donors (Lipinski definition) is 0. The van der Waals surface area contributed by atoms with Crippen molar-refractivity contribution < 1.29 is 8.42 Å². The molecule has 0 N–H and O–H groups in total. The first kappa shape index (κ1) is 16.5. The average molecular weight is 290 g/mol. The lowest BCUT2D eigenvalue weighted by Gasteiger charge is -1.98. The van der Waals surface area contributed by atoms with Crippen molar-refractivity contribution in [2.24, 2.45) is 0 Å². The molecule has 0 aliphatic rings. The minimum absolute atomic E-state index is 0.313. The van der Waals surface area contributed by atoms with Gasteiger partial charge in [0.2, 0.25) is 9.84 Å². The minimum atomic E-state index is -3.36. The summed E-state index contributed by atoms with van der Waals surface area (Å²) in [5.41, 5.74) is 5.12. The van der Waals surface area contributed by atoms with Crippen LogP contribution in [0.25, 0.3) is 0 Å². The predicted octanol–water partition coefficient (Wildman–Crippen LogP) is 4.57. The Morgan fingerprint density at radius 1 is 1.15 bits per heavy atom. The fourth-order valence-electron chi connectivity index (χ4n) is 1.63. The number of rotatable bonds is 6. The van der Waals surface area contributed by atoms with E-state index in [9.17, 15) is 8.42 Å². The monoisotopic (exact) mass is 290 g/mol. The molecule has 1 rings (SSSR count). The maximum Gasteiger partial charge on any atom is 0.207 e. The predicted molar refractivity (Wildman–Crippen MR) is 84.3 cm³/mol. The maximum absolute atomic E-state index is 12.0. The number of sulfone groups is 1. The van der Waals surface area contributed by atoms with E-state index in [2.05, 4.69) is 25.7 Å². The van der Waals surface area contributed by atoms with E-state index < -0.39 is 9.84 Å². The van der Waals surface area contributed by atoms with Gasteiger partial charge in [0.15, 0.2) is 0 Å². The summed E-state index contributed by atoms with van der Waals surface area (Å²) in [6, 6.07) is 6.84. The largest absolute Gasteiger partial charge is 0.218 e. The zero-order valence-corrected chi connectivity index (χ0v) is 13.2. The van der Waals surface area contributed by atoms with Gasteiger partial charge in [-0.15, -0.1) is 5.73 Å². The molecule has 3 heteroatoms. The summed E-state index contributed by atoms with van der Waals surface area (Å²) in [7, 11) is -3.36. The molecule has 0 heterocycles. The highest BCUT2D eigenvalue weighted by Crippen LogP contribution is 2.12. The highest BCUT2D eigenvalue weighted by Gasteiger charge is 2.08. The Hall–Kier alpha value is -1.57. The van der Waals surface area contributed by atoms with Gasteiger partial charge in [0.25, 0.3) is 0 Å². The molecular formula is C17H22O2S. The molecule has 0 fully saturated rings. The van der Waals surface area contributed by atoms with E-state index in [1.165, 1.54) is 5.57 Å². The third-order valence-electron chi connectivity index (χ3n) is 2.80. The van der Waals surface area contributed by atoms with Crippen LogP contribution in [-0.4, -0.2) is 8.42 Å². The molecule has 1 aromatic rings. The third kappa shape index (κ3) is 6.05. The molecule has 2 nitrogen and oxygen atoms in total. The standard InChI is InChI=1S/C17H22O2S/c1-15(2)9-7-5-4-6-8-14-20(18,19)17-12-10-16(3)11-13-17/h6,9-14H,4-5,7H2,1-3H3. The van der Waals surface area contributed by atoms with Crippen LogP contribution in [0.15, 0.2) is 58.0 Å². The molecule has 108 valence electrons. The van der Waals surface area contributed by atoms with Crippen molar-refractivity contribution in [3.05, 3.63) is 58.7 Å². The van der Waals surface area contributed by atoms with Gasteiger partial charge >= 0.3 is 0 Å². The van der Waals surface area contributed by atoms with Crippen molar-refractivity contribution in [2.45, 2.75) is 44.9 Å². The van der Waals surface area contributed by atoms with Crippen molar-refractivity contribution in [1.29, 1.82) is 0 Å². The first-order valence-corrected chi connectivity index (χ1v) is 8.32.